The fourth-order valence-corrected chi connectivity index (χ4v) is 2.72. The largest absolute Gasteiger partial charge is 0.366 e. The molecule has 3 heterocycles. The predicted octanol–water partition coefficient (Wildman–Crippen LogP) is 3.16. The van der Waals surface area contributed by atoms with Gasteiger partial charge < -0.3 is 5.32 Å². The molecule has 6 heteroatoms. The van der Waals surface area contributed by atoms with Crippen LogP contribution in [0.15, 0.2) is 73.1 Å². The monoisotopic (exact) mass is 343 g/mol. The second kappa shape index (κ2) is 7.14. The van der Waals surface area contributed by atoms with Gasteiger partial charge in [-0.05, 0) is 29.8 Å². The van der Waals surface area contributed by atoms with Gasteiger partial charge in [0.2, 0.25) is 0 Å². The number of anilines is 1. The molecule has 0 fully saturated rings. The van der Waals surface area contributed by atoms with Gasteiger partial charge in [0.1, 0.15) is 5.82 Å². The lowest BCUT2D eigenvalue weighted by Crippen LogP contribution is -2.07. The molecule has 0 spiro atoms. The number of Topliss-reactive ketones (excluding diaryl/α,β-unsaturated/α-hetero) is 1. The quantitative estimate of drug-likeness (QED) is 0.545. The number of hydrogen-bond acceptors (Lipinski definition) is 5. The Morgan fingerprint density at radius 3 is 2.69 bits per heavy atom. The molecule has 4 aromatic rings. The summed E-state index contributed by atoms with van der Waals surface area (Å²) < 4.78 is 1.73. The van der Waals surface area contributed by atoms with E-state index in [1.54, 1.807) is 29.0 Å². The van der Waals surface area contributed by atoms with Crippen LogP contribution in [0.5, 0.6) is 0 Å². The molecule has 1 aromatic carbocycles. The Morgan fingerprint density at radius 2 is 1.88 bits per heavy atom. The Bertz CT molecular complexity index is 1030. The van der Waals surface area contributed by atoms with Gasteiger partial charge in [-0.1, -0.05) is 36.4 Å². The van der Waals surface area contributed by atoms with Crippen LogP contribution in [-0.2, 0) is 13.0 Å². The number of benzene rings is 1. The highest BCUT2D eigenvalue weighted by atomic mass is 16.1. The van der Waals surface area contributed by atoms with E-state index in [1.807, 2.05) is 36.4 Å². The van der Waals surface area contributed by atoms with E-state index >= 15 is 0 Å². The molecule has 0 aliphatic carbocycles. The van der Waals surface area contributed by atoms with Crippen LogP contribution in [0.1, 0.15) is 21.7 Å². The summed E-state index contributed by atoms with van der Waals surface area (Å²) in [5.74, 6) is 1.28. The maximum absolute atomic E-state index is 12.3. The minimum absolute atomic E-state index is 0.0483. The Labute approximate surface area is 150 Å². The second-order valence-electron chi connectivity index (χ2n) is 5.89. The molecule has 0 atom stereocenters. The summed E-state index contributed by atoms with van der Waals surface area (Å²) in [7, 11) is 0. The fraction of sp³-hybridized carbons (Fsp3) is 0.100. The highest BCUT2D eigenvalue weighted by Gasteiger charge is 2.13. The van der Waals surface area contributed by atoms with Crippen LogP contribution in [0.2, 0.25) is 0 Å². The lowest BCUT2D eigenvalue weighted by molar-refractivity contribution is 0.0990. The summed E-state index contributed by atoms with van der Waals surface area (Å²) in [5, 5.41) is 7.86. The van der Waals surface area contributed by atoms with Gasteiger partial charge in [0.05, 0.1) is 6.42 Å². The molecule has 0 saturated carbocycles. The first-order valence-electron chi connectivity index (χ1n) is 8.35. The van der Waals surface area contributed by atoms with Crippen molar-refractivity contribution >= 4 is 17.2 Å². The number of carbonyl (C=O) groups is 1. The zero-order valence-electron chi connectivity index (χ0n) is 14.0. The summed E-state index contributed by atoms with van der Waals surface area (Å²) >= 11 is 0. The Kier molecular flexibility index (Phi) is 4.38. The van der Waals surface area contributed by atoms with Crippen LogP contribution in [0.3, 0.4) is 0 Å². The first-order chi connectivity index (χ1) is 12.8. The molecule has 0 amide bonds. The number of fused-ring (bicyclic) bond motifs is 1. The molecule has 6 nitrogen and oxygen atoms in total. The number of nitrogens with zero attached hydrogens (tertiary/aromatic N) is 4. The van der Waals surface area contributed by atoms with Gasteiger partial charge in [0.25, 0.3) is 0 Å². The average Bonchev–Trinajstić information content (AvgIpc) is 3.11. The Balaban J connectivity index is 1.54. The van der Waals surface area contributed by atoms with E-state index in [9.17, 15) is 4.79 Å². The van der Waals surface area contributed by atoms with Crippen molar-refractivity contribution in [1.82, 2.24) is 19.6 Å². The molecule has 4 rings (SSSR count). The highest BCUT2D eigenvalue weighted by Crippen LogP contribution is 2.13. The molecule has 3 aromatic heterocycles. The number of ketones is 1. The van der Waals surface area contributed by atoms with Crippen molar-refractivity contribution < 1.29 is 4.79 Å². The first-order valence-corrected chi connectivity index (χ1v) is 8.35. The highest BCUT2D eigenvalue weighted by molar-refractivity contribution is 5.96. The van der Waals surface area contributed by atoms with Gasteiger partial charge >= 0.3 is 0 Å². The smallest absolute Gasteiger partial charge is 0.172 e. The molecule has 1 N–H and O–H groups in total. The summed E-state index contributed by atoms with van der Waals surface area (Å²) in [4.78, 5) is 20.8. The third-order valence-electron chi connectivity index (χ3n) is 4.02. The topological polar surface area (TPSA) is 72.2 Å². The lowest BCUT2D eigenvalue weighted by Gasteiger charge is -2.07. The van der Waals surface area contributed by atoms with Crippen molar-refractivity contribution in [3.63, 3.8) is 0 Å². The third-order valence-corrected chi connectivity index (χ3v) is 4.02. The van der Waals surface area contributed by atoms with Gasteiger partial charge in [-0.3, -0.25) is 9.78 Å². The summed E-state index contributed by atoms with van der Waals surface area (Å²) in [6, 6.07) is 19.4. The van der Waals surface area contributed by atoms with E-state index in [4.69, 9.17) is 0 Å². The van der Waals surface area contributed by atoms with E-state index in [-0.39, 0.29) is 12.2 Å². The summed E-state index contributed by atoms with van der Waals surface area (Å²) in [6.45, 7) is 0.684. The van der Waals surface area contributed by atoms with Crippen LogP contribution in [-0.4, -0.2) is 25.4 Å². The number of aromatic nitrogens is 4. The van der Waals surface area contributed by atoms with Crippen molar-refractivity contribution in [3.05, 3.63) is 90.0 Å². The van der Waals surface area contributed by atoms with Gasteiger partial charge in [0, 0.05) is 24.5 Å². The minimum atomic E-state index is -0.0483. The SMILES string of the molecule is O=C(Cc1nc2cccc(NCc3ccccc3)n2n1)c1cccnc1. The molecule has 128 valence electrons. The minimum Gasteiger partial charge on any atom is -0.366 e. The standard InChI is InChI=1S/C20H17N5O/c26-17(16-8-5-11-21-14-16)12-18-23-20-10-4-9-19(25(20)24-18)22-13-15-6-2-1-3-7-15/h1-11,14,22H,12-13H2. The predicted molar refractivity (Wildman–Crippen MR) is 99.0 cm³/mol. The zero-order valence-corrected chi connectivity index (χ0v) is 14.0. The molecule has 0 radical (unpaired) electrons. The lowest BCUT2D eigenvalue weighted by atomic mass is 10.1. The maximum Gasteiger partial charge on any atom is 0.172 e. The van der Waals surface area contributed by atoms with Crippen LogP contribution >= 0.6 is 0 Å². The molecule has 0 saturated heterocycles. The zero-order chi connectivity index (χ0) is 17.8. The number of rotatable bonds is 6. The van der Waals surface area contributed by atoms with Gasteiger partial charge in [-0.15, -0.1) is 5.10 Å². The van der Waals surface area contributed by atoms with Crippen molar-refractivity contribution in [3.8, 4) is 0 Å². The molecule has 0 bridgehead atoms. The Hall–Kier alpha value is -3.54. The van der Waals surface area contributed by atoms with E-state index in [1.165, 1.54) is 5.56 Å². The van der Waals surface area contributed by atoms with Crippen molar-refractivity contribution in [2.24, 2.45) is 0 Å². The first kappa shape index (κ1) is 16.0. The van der Waals surface area contributed by atoms with Crippen molar-refractivity contribution in [2.75, 3.05) is 5.32 Å². The van der Waals surface area contributed by atoms with Crippen LogP contribution in [0.4, 0.5) is 5.82 Å². The molecule has 0 unspecified atom stereocenters. The van der Waals surface area contributed by atoms with E-state index < -0.39 is 0 Å². The molecular weight excluding hydrogens is 326 g/mol. The molecule has 0 aliphatic rings. The number of nitrogens with one attached hydrogen (secondary N) is 1. The maximum atomic E-state index is 12.3. The van der Waals surface area contributed by atoms with E-state index in [0.717, 1.165) is 5.82 Å². The Morgan fingerprint density at radius 1 is 1.00 bits per heavy atom. The van der Waals surface area contributed by atoms with Crippen molar-refractivity contribution in [1.29, 1.82) is 0 Å². The van der Waals surface area contributed by atoms with E-state index in [2.05, 4.69) is 32.5 Å². The fourth-order valence-electron chi connectivity index (χ4n) is 2.72. The van der Waals surface area contributed by atoms with E-state index in [0.29, 0.717) is 23.6 Å². The third kappa shape index (κ3) is 3.44. The van der Waals surface area contributed by atoms with Crippen LogP contribution < -0.4 is 5.32 Å². The second-order valence-corrected chi connectivity index (χ2v) is 5.89. The number of carbonyl (C=O) groups excluding carboxylic acids is 1. The molecule has 26 heavy (non-hydrogen) atoms. The van der Waals surface area contributed by atoms with Gasteiger partial charge in [-0.2, -0.15) is 4.52 Å². The normalized spacial score (nSPS) is 10.8. The van der Waals surface area contributed by atoms with Gasteiger partial charge in [-0.25, -0.2) is 4.98 Å². The van der Waals surface area contributed by atoms with Crippen LogP contribution in [0, 0.1) is 0 Å². The van der Waals surface area contributed by atoms with Crippen molar-refractivity contribution in [2.45, 2.75) is 13.0 Å². The van der Waals surface area contributed by atoms with Crippen LogP contribution in [0.25, 0.3) is 5.65 Å². The van der Waals surface area contributed by atoms with Gasteiger partial charge in [0.15, 0.2) is 17.3 Å². The number of pyridine rings is 2. The molecule has 0 aliphatic heterocycles. The average molecular weight is 343 g/mol. The summed E-state index contributed by atoms with van der Waals surface area (Å²) in [6.07, 6.45) is 3.35. The molecular formula is C20H17N5O. The summed E-state index contributed by atoms with van der Waals surface area (Å²) in [5.41, 5.74) is 2.45. The number of hydrogen-bond donors (Lipinski definition) is 1.